The van der Waals surface area contributed by atoms with Gasteiger partial charge in [-0.3, -0.25) is 4.98 Å². The van der Waals surface area contributed by atoms with Crippen molar-refractivity contribution < 1.29 is 26.7 Å². The second-order valence-corrected chi connectivity index (χ2v) is 8.83. The summed E-state index contributed by atoms with van der Waals surface area (Å²) >= 11 is 5.88. The van der Waals surface area contributed by atoms with Crippen molar-refractivity contribution in [2.75, 3.05) is 0 Å². The molecule has 4 nitrogen and oxygen atoms in total. The Morgan fingerprint density at radius 3 is 2.37 bits per heavy atom. The lowest BCUT2D eigenvalue weighted by atomic mass is 9.79. The zero-order valence-corrected chi connectivity index (χ0v) is 22.3. The molecule has 1 aromatic carbocycles. The third-order valence-corrected chi connectivity index (χ3v) is 5.73. The van der Waals surface area contributed by atoms with E-state index in [4.69, 9.17) is 17.3 Å². The number of carbonyl (C=O) groups is 1. The number of rotatable bonds is 10. The molecular weight excluding hydrogens is 525 g/mol. The van der Waals surface area contributed by atoms with Crippen LogP contribution in [-0.4, -0.2) is 11.0 Å². The van der Waals surface area contributed by atoms with Crippen molar-refractivity contribution in [3.8, 4) is 0 Å². The smallest absolute Gasteiger partial charge is 0.351 e. The highest BCUT2D eigenvalue weighted by Crippen LogP contribution is 2.39. The molecule has 0 saturated heterocycles. The van der Waals surface area contributed by atoms with E-state index in [2.05, 4.69) is 16.9 Å². The first-order valence-corrected chi connectivity index (χ1v) is 12.5. The number of benzene rings is 1. The van der Waals surface area contributed by atoms with Gasteiger partial charge in [-0.25, -0.2) is 13.6 Å². The molecule has 0 bridgehead atoms. The first-order valence-electron chi connectivity index (χ1n) is 12.1. The van der Waals surface area contributed by atoms with E-state index in [1.807, 2.05) is 20.8 Å². The number of primary amides is 1. The minimum absolute atomic E-state index is 0.0570. The number of halogens is 6. The normalized spacial score (nSPS) is 13.7. The fraction of sp³-hybridized carbons (Fsp3) is 0.357. The van der Waals surface area contributed by atoms with Crippen molar-refractivity contribution in [1.82, 2.24) is 10.3 Å². The van der Waals surface area contributed by atoms with Gasteiger partial charge in [0.25, 0.3) is 0 Å². The van der Waals surface area contributed by atoms with E-state index < -0.39 is 35.3 Å². The third kappa shape index (κ3) is 11.0. The van der Waals surface area contributed by atoms with E-state index >= 15 is 0 Å². The predicted molar refractivity (Wildman–Crippen MR) is 142 cm³/mol. The van der Waals surface area contributed by atoms with E-state index in [9.17, 15) is 26.7 Å². The van der Waals surface area contributed by atoms with Gasteiger partial charge < -0.3 is 11.1 Å². The Kier molecular flexibility index (Phi) is 13.7. The molecule has 2 atom stereocenters. The molecule has 2 rings (SSSR count). The summed E-state index contributed by atoms with van der Waals surface area (Å²) < 4.78 is 66.0. The number of hydrogen-bond donors (Lipinski definition) is 2. The van der Waals surface area contributed by atoms with Gasteiger partial charge in [-0.05, 0) is 72.9 Å². The van der Waals surface area contributed by atoms with Crippen LogP contribution < -0.4 is 11.1 Å². The summed E-state index contributed by atoms with van der Waals surface area (Å²) in [4.78, 5) is 14.7. The molecular formula is C28H33ClF5N3O. The lowest BCUT2D eigenvalue weighted by Gasteiger charge is -2.27. The van der Waals surface area contributed by atoms with Crippen LogP contribution in [-0.2, 0) is 6.18 Å². The first-order chi connectivity index (χ1) is 17.9. The molecule has 3 N–H and O–H groups in total. The minimum atomic E-state index is -4.60. The van der Waals surface area contributed by atoms with Gasteiger partial charge in [0, 0.05) is 23.5 Å². The number of amides is 2. The molecule has 208 valence electrons. The largest absolute Gasteiger partial charge is 0.416 e. The highest BCUT2D eigenvalue weighted by molar-refractivity contribution is 6.30. The van der Waals surface area contributed by atoms with Crippen LogP contribution in [0.4, 0.5) is 26.7 Å². The monoisotopic (exact) mass is 557 g/mol. The fourth-order valence-corrected chi connectivity index (χ4v) is 3.99. The molecule has 0 aliphatic carbocycles. The molecule has 0 spiro atoms. The number of aromatic nitrogens is 1. The van der Waals surface area contributed by atoms with Crippen LogP contribution in [0.25, 0.3) is 0 Å². The molecule has 2 aromatic rings. The molecule has 1 heterocycles. The highest BCUT2D eigenvalue weighted by Gasteiger charge is 2.33. The average molecular weight is 558 g/mol. The molecule has 0 aliphatic heterocycles. The van der Waals surface area contributed by atoms with Gasteiger partial charge in [0.05, 0.1) is 10.6 Å². The lowest BCUT2D eigenvalue weighted by molar-refractivity contribution is -0.137. The highest BCUT2D eigenvalue weighted by atomic mass is 35.5. The fourth-order valence-electron chi connectivity index (χ4n) is 3.88. The minimum Gasteiger partial charge on any atom is -0.351 e. The number of carbonyl (C=O) groups excluding carboxylic acids is 1. The summed E-state index contributed by atoms with van der Waals surface area (Å²) in [6, 6.07) is 5.34. The number of nitrogens with one attached hydrogen (secondary N) is 1. The van der Waals surface area contributed by atoms with Crippen LogP contribution >= 0.6 is 11.6 Å². The van der Waals surface area contributed by atoms with Gasteiger partial charge in [-0.2, -0.15) is 13.2 Å². The van der Waals surface area contributed by atoms with Crippen LogP contribution in [0.2, 0.25) is 5.02 Å². The number of hydrogen-bond acceptors (Lipinski definition) is 2. The summed E-state index contributed by atoms with van der Waals surface area (Å²) in [5.41, 5.74) is 5.00. The van der Waals surface area contributed by atoms with Crippen molar-refractivity contribution in [1.29, 1.82) is 0 Å². The van der Waals surface area contributed by atoms with Crippen LogP contribution in [0.3, 0.4) is 0 Å². The number of pyridine rings is 1. The molecule has 0 aliphatic rings. The van der Waals surface area contributed by atoms with Gasteiger partial charge in [0.15, 0.2) is 0 Å². The Bertz CT molecular complexity index is 1110. The Morgan fingerprint density at radius 2 is 1.89 bits per heavy atom. The Labute approximate surface area is 225 Å². The molecule has 0 fully saturated rings. The molecule has 10 heteroatoms. The van der Waals surface area contributed by atoms with Gasteiger partial charge in [0.1, 0.15) is 11.6 Å². The topological polar surface area (TPSA) is 68.0 Å². The quantitative estimate of drug-likeness (QED) is 0.226. The maximum atomic E-state index is 13.9. The zero-order valence-electron chi connectivity index (χ0n) is 21.6. The molecule has 2 unspecified atom stereocenters. The van der Waals surface area contributed by atoms with Crippen molar-refractivity contribution in [3.63, 3.8) is 0 Å². The Morgan fingerprint density at radius 1 is 1.21 bits per heavy atom. The summed E-state index contributed by atoms with van der Waals surface area (Å²) in [5, 5.41) is 2.67. The Balaban J connectivity index is 0.000000471. The van der Waals surface area contributed by atoms with Crippen molar-refractivity contribution in [3.05, 3.63) is 101 Å². The first kappa shape index (κ1) is 32.8. The average Bonchev–Trinajstić information content (AvgIpc) is 2.83. The second-order valence-electron chi connectivity index (χ2n) is 8.40. The van der Waals surface area contributed by atoms with Crippen molar-refractivity contribution in [2.45, 2.75) is 58.5 Å². The standard InChI is InChI=1S/C19H20ClF4N.C9H13FN2O/c1-3-5-12(4-2)18(17-7-6-15(20)11-25-17)13-8-14(19(22,23)24)10-16(21)9-13;1-3-5-7(10)6-8(4-2)12-9(11)13/h6-12,18H,3-5H2,1-2H3;4-6H,2-3H2,1H3,(H3,11,12,13)/b;7-5+,8-6+. The maximum Gasteiger partial charge on any atom is 0.416 e. The number of nitrogens with two attached hydrogens (primary N) is 1. The van der Waals surface area contributed by atoms with Gasteiger partial charge in [-0.1, -0.05) is 51.8 Å². The van der Waals surface area contributed by atoms with Crippen LogP contribution in [0.15, 0.2) is 72.9 Å². The van der Waals surface area contributed by atoms with E-state index in [0.717, 1.165) is 31.4 Å². The molecule has 1 aromatic heterocycles. The van der Waals surface area contributed by atoms with Gasteiger partial charge in [0.2, 0.25) is 0 Å². The van der Waals surface area contributed by atoms with E-state index in [-0.39, 0.29) is 11.6 Å². The van der Waals surface area contributed by atoms with Crippen molar-refractivity contribution in [2.24, 2.45) is 11.7 Å². The predicted octanol–water partition coefficient (Wildman–Crippen LogP) is 8.84. The summed E-state index contributed by atoms with van der Waals surface area (Å²) in [7, 11) is 0. The molecule has 0 radical (unpaired) electrons. The second kappa shape index (κ2) is 15.9. The van der Waals surface area contributed by atoms with E-state index in [0.29, 0.717) is 28.8 Å². The summed E-state index contributed by atoms with van der Waals surface area (Å²) in [6.07, 6.45) is 3.74. The summed E-state index contributed by atoms with van der Waals surface area (Å²) in [5.74, 6) is -1.68. The molecule has 0 saturated carbocycles. The number of alkyl halides is 3. The Hall–Kier alpha value is -3.20. The number of urea groups is 1. The number of allylic oxidation sites excluding steroid dienone is 4. The lowest BCUT2D eigenvalue weighted by Crippen LogP contribution is -2.27. The van der Waals surface area contributed by atoms with Gasteiger partial charge >= 0.3 is 12.2 Å². The van der Waals surface area contributed by atoms with E-state index in [1.165, 1.54) is 24.4 Å². The third-order valence-electron chi connectivity index (χ3n) is 5.51. The van der Waals surface area contributed by atoms with Crippen LogP contribution in [0.1, 0.15) is 69.2 Å². The van der Waals surface area contributed by atoms with Gasteiger partial charge in [-0.15, -0.1) is 0 Å². The molecule has 38 heavy (non-hydrogen) atoms. The van der Waals surface area contributed by atoms with Crippen LogP contribution in [0, 0.1) is 11.7 Å². The zero-order chi connectivity index (χ0) is 28.9. The number of nitrogens with zero attached hydrogens (tertiary/aromatic N) is 1. The summed E-state index contributed by atoms with van der Waals surface area (Å²) in [6.45, 7) is 9.20. The van der Waals surface area contributed by atoms with Crippen LogP contribution in [0.5, 0.6) is 0 Å². The SMILES string of the molecule is C=C/C(=C\C(F)=C/CC)NC(N)=O.CCCC(CC)C(c1cc(F)cc(C(F)(F)F)c1)c1ccc(Cl)cn1. The molecule has 2 amide bonds. The van der Waals surface area contributed by atoms with E-state index in [1.54, 1.807) is 12.1 Å². The van der Waals surface area contributed by atoms with Crippen molar-refractivity contribution >= 4 is 17.6 Å². The maximum absolute atomic E-state index is 13.9.